The van der Waals surface area contributed by atoms with E-state index < -0.39 is 24.4 Å². The summed E-state index contributed by atoms with van der Waals surface area (Å²) in [4.78, 5) is 10.9. The molecule has 0 aliphatic carbocycles. The highest BCUT2D eigenvalue weighted by Gasteiger charge is 2.43. The molecule has 1 aliphatic rings. The monoisotopic (exact) mass is 247 g/mol. The van der Waals surface area contributed by atoms with Gasteiger partial charge in [-0.2, -0.15) is 13.2 Å². The van der Waals surface area contributed by atoms with Gasteiger partial charge in [0.1, 0.15) is 5.82 Å². The van der Waals surface area contributed by atoms with Crippen LogP contribution in [-0.4, -0.2) is 17.1 Å². The highest BCUT2D eigenvalue weighted by molar-refractivity contribution is 5.81. The molecule has 0 bridgehead atoms. The third-order valence-corrected chi connectivity index (χ3v) is 2.10. The predicted octanol–water partition coefficient (Wildman–Crippen LogP) is 2.73. The van der Waals surface area contributed by atoms with Crippen LogP contribution in [0.3, 0.4) is 0 Å². The number of hydrogen-bond acceptors (Lipinski definition) is 3. The minimum Gasteiger partial charge on any atom is -0.262 e. The molecular weight excluding hydrogens is 242 g/mol. The van der Waals surface area contributed by atoms with Gasteiger partial charge in [0.05, 0.1) is 12.2 Å². The van der Waals surface area contributed by atoms with Gasteiger partial charge in [0.2, 0.25) is 0 Å². The zero-order chi connectivity index (χ0) is 12.6. The number of fused-ring (bicyclic) bond motifs is 1. The van der Waals surface area contributed by atoms with Crippen molar-refractivity contribution in [2.75, 3.05) is 0 Å². The zero-order valence-electron chi connectivity index (χ0n) is 8.20. The maximum absolute atomic E-state index is 12.9. The summed E-state index contributed by atoms with van der Waals surface area (Å²) in [7, 11) is 0. The van der Waals surface area contributed by atoms with Gasteiger partial charge in [0.15, 0.2) is 0 Å². The van der Waals surface area contributed by atoms with Crippen molar-refractivity contribution in [3.63, 3.8) is 0 Å². The van der Waals surface area contributed by atoms with Crippen LogP contribution < -0.4 is 0 Å². The van der Waals surface area contributed by atoms with Gasteiger partial charge in [-0.1, -0.05) is 5.22 Å². The second kappa shape index (κ2) is 3.79. The smallest absolute Gasteiger partial charge is 0.262 e. The Morgan fingerprint density at radius 3 is 2.71 bits per heavy atom. The van der Waals surface area contributed by atoms with Crippen molar-refractivity contribution in [2.24, 2.45) is 10.3 Å². The lowest BCUT2D eigenvalue weighted by molar-refractivity contribution is -0.186. The van der Waals surface area contributed by atoms with Crippen LogP contribution in [0.25, 0.3) is 0 Å². The molecule has 1 aliphatic heterocycles. The van der Waals surface area contributed by atoms with Crippen molar-refractivity contribution in [2.45, 2.75) is 12.7 Å². The lowest BCUT2D eigenvalue weighted by atomic mass is 10.1. The molecule has 0 spiro atoms. The van der Waals surface area contributed by atoms with Crippen LogP contribution in [0.5, 0.6) is 0 Å². The highest BCUT2D eigenvalue weighted by atomic mass is 19.4. The molecule has 4 nitrogen and oxygen atoms in total. The van der Waals surface area contributed by atoms with Gasteiger partial charge >= 0.3 is 12.1 Å². The average molecular weight is 247 g/mol. The number of nitrogens with zero attached hydrogens (tertiary/aromatic N) is 3. The molecule has 0 saturated heterocycles. The summed E-state index contributed by atoms with van der Waals surface area (Å²) >= 11 is 0. The molecule has 1 aromatic carbocycles. The van der Waals surface area contributed by atoms with Crippen LogP contribution in [0, 0.1) is 5.82 Å². The predicted molar refractivity (Wildman–Crippen MR) is 47.5 cm³/mol. The molecule has 1 aromatic rings. The molecule has 90 valence electrons. The standard InChI is InChI=1S/C9H5F4N3O/c10-6-1-2-7-5(3-6)4-16(15-14-7)8(17)9(11,12)13/h1-3H,4H2. The van der Waals surface area contributed by atoms with E-state index in [1.165, 1.54) is 6.07 Å². The zero-order valence-corrected chi connectivity index (χ0v) is 8.20. The summed E-state index contributed by atoms with van der Waals surface area (Å²) in [6, 6.07) is 3.41. The van der Waals surface area contributed by atoms with Crippen LogP contribution in [-0.2, 0) is 11.3 Å². The molecule has 0 fully saturated rings. The number of halogens is 4. The van der Waals surface area contributed by atoms with Gasteiger partial charge in [0, 0.05) is 5.56 Å². The first-order valence-electron chi connectivity index (χ1n) is 4.47. The van der Waals surface area contributed by atoms with Gasteiger partial charge in [-0.05, 0) is 18.2 Å². The molecule has 0 aromatic heterocycles. The summed E-state index contributed by atoms with van der Waals surface area (Å²) in [6.07, 6.45) is -5.02. The second-order valence-electron chi connectivity index (χ2n) is 3.32. The fourth-order valence-corrected chi connectivity index (χ4v) is 1.33. The van der Waals surface area contributed by atoms with Crippen LogP contribution in [0.1, 0.15) is 5.56 Å². The summed E-state index contributed by atoms with van der Waals surface area (Å²) in [5.41, 5.74) is 0.426. The average Bonchev–Trinajstić information content (AvgIpc) is 2.25. The number of hydrogen-bond donors (Lipinski definition) is 0. The Morgan fingerprint density at radius 2 is 2.06 bits per heavy atom. The van der Waals surface area contributed by atoms with E-state index in [4.69, 9.17) is 0 Å². The minimum atomic E-state index is -5.02. The first-order valence-corrected chi connectivity index (χ1v) is 4.47. The number of amides is 1. The number of alkyl halides is 3. The first kappa shape index (κ1) is 11.5. The third kappa shape index (κ3) is 2.24. The minimum absolute atomic E-state index is 0.155. The maximum Gasteiger partial charge on any atom is 0.473 e. The van der Waals surface area contributed by atoms with Gasteiger partial charge in [-0.15, -0.1) is 5.11 Å². The number of benzene rings is 1. The van der Waals surface area contributed by atoms with E-state index in [1.807, 2.05) is 0 Å². The molecule has 0 unspecified atom stereocenters. The largest absolute Gasteiger partial charge is 0.473 e. The fraction of sp³-hybridized carbons (Fsp3) is 0.222. The van der Waals surface area contributed by atoms with Gasteiger partial charge in [-0.3, -0.25) is 4.79 Å². The summed E-state index contributed by atoms with van der Waals surface area (Å²) in [5, 5.41) is 6.70. The van der Waals surface area contributed by atoms with Crippen LogP contribution in [0.4, 0.5) is 23.2 Å². The number of carbonyl (C=O) groups excluding carboxylic acids is 1. The van der Waals surface area contributed by atoms with E-state index in [1.54, 1.807) is 0 Å². The fourth-order valence-electron chi connectivity index (χ4n) is 1.33. The molecule has 17 heavy (non-hydrogen) atoms. The molecule has 8 heteroatoms. The summed E-state index contributed by atoms with van der Waals surface area (Å²) in [5.74, 6) is -2.74. The molecule has 1 amide bonds. The Hall–Kier alpha value is -1.99. The normalized spacial score (nSPS) is 14.7. The van der Waals surface area contributed by atoms with Crippen LogP contribution >= 0.6 is 0 Å². The Bertz CT molecular complexity index is 498. The lowest BCUT2D eigenvalue weighted by Gasteiger charge is -2.21. The quantitative estimate of drug-likeness (QED) is 0.650. The van der Waals surface area contributed by atoms with E-state index in [0.717, 1.165) is 12.1 Å². The van der Waals surface area contributed by atoms with Gasteiger partial charge in [-0.25, -0.2) is 9.40 Å². The maximum atomic E-state index is 12.9. The van der Waals surface area contributed by atoms with Crippen molar-refractivity contribution in [3.8, 4) is 0 Å². The van der Waals surface area contributed by atoms with E-state index in [2.05, 4.69) is 10.3 Å². The Balaban J connectivity index is 2.27. The van der Waals surface area contributed by atoms with E-state index >= 15 is 0 Å². The molecular formula is C9H5F4N3O. The first-order chi connectivity index (χ1) is 7.88. The molecule has 0 atom stereocenters. The highest BCUT2D eigenvalue weighted by Crippen LogP contribution is 2.29. The molecule has 1 heterocycles. The Labute approximate surface area is 92.5 Å². The number of rotatable bonds is 0. The molecule has 0 radical (unpaired) electrons. The van der Waals surface area contributed by atoms with Crippen molar-refractivity contribution in [1.29, 1.82) is 0 Å². The third-order valence-electron chi connectivity index (χ3n) is 2.10. The summed E-state index contributed by atoms with van der Waals surface area (Å²) < 4.78 is 49.2. The number of carbonyl (C=O) groups is 1. The second-order valence-corrected chi connectivity index (χ2v) is 3.32. The molecule has 0 N–H and O–H groups in total. The Kier molecular flexibility index (Phi) is 2.56. The van der Waals surface area contributed by atoms with Crippen molar-refractivity contribution in [3.05, 3.63) is 29.6 Å². The van der Waals surface area contributed by atoms with Gasteiger partial charge in [0.25, 0.3) is 0 Å². The van der Waals surface area contributed by atoms with E-state index in [-0.39, 0.29) is 16.3 Å². The van der Waals surface area contributed by atoms with E-state index in [0.29, 0.717) is 0 Å². The van der Waals surface area contributed by atoms with Crippen molar-refractivity contribution >= 4 is 11.6 Å². The van der Waals surface area contributed by atoms with Crippen molar-refractivity contribution < 1.29 is 22.4 Å². The summed E-state index contributed by atoms with van der Waals surface area (Å²) in [6.45, 7) is -0.449. The molecule has 2 rings (SSSR count). The topological polar surface area (TPSA) is 45.0 Å². The van der Waals surface area contributed by atoms with Crippen LogP contribution in [0.2, 0.25) is 0 Å². The SMILES string of the molecule is O=C(N1Cc2cc(F)ccc2N=N1)C(F)(F)F. The lowest BCUT2D eigenvalue weighted by Crippen LogP contribution is -2.37. The van der Waals surface area contributed by atoms with Gasteiger partial charge < -0.3 is 0 Å². The van der Waals surface area contributed by atoms with Crippen LogP contribution in [0.15, 0.2) is 28.5 Å². The van der Waals surface area contributed by atoms with E-state index in [9.17, 15) is 22.4 Å². The Morgan fingerprint density at radius 1 is 1.35 bits per heavy atom. The van der Waals surface area contributed by atoms with Crippen molar-refractivity contribution in [1.82, 2.24) is 5.01 Å². The molecule has 0 saturated carbocycles.